The zero-order valence-corrected chi connectivity index (χ0v) is 9.83. The van der Waals surface area contributed by atoms with Crippen molar-refractivity contribution in [3.8, 4) is 5.75 Å². The predicted molar refractivity (Wildman–Crippen MR) is 65.6 cm³/mol. The minimum Gasteiger partial charge on any atom is -0.479 e. The maximum absolute atomic E-state index is 13.6. The molecule has 0 bridgehead atoms. The molecule has 18 heavy (non-hydrogen) atoms. The molecular formula is C12H14FN3O2. The normalized spacial score (nSPS) is 18.9. The summed E-state index contributed by atoms with van der Waals surface area (Å²) in [6, 6.07) is 2.75. The molecule has 1 amide bonds. The molecule has 0 atom stereocenters. The molecule has 0 aliphatic carbocycles. The number of halogens is 1. The number of rotatable bonds is 1. The van der Waals surface area contributed by atoms with Crippen molar-refractivity contribution in [2.24, 2.45) is 0 Å². The van der Waals surface area contributed by atoms with E-state index in [2.05, 4.69) is 15.5 Å². The van der Waals surface area contributed by atoms with E-state index in [1.165, 1.54) is 12.1 Å². The van der Waals surface area contributed by atoms with Gasteiger partial charge >= 0.3 is 0 Å². The number of nitrogens with zero attached hydrogens (tertiary/aromatic N) is 1. The Balaban J connectivity index is 2.00. The van der Waals surface area contributed by atoms with E-state index in [4.69, 9.17) is 4.74 Å². The van der Waals surface area contributed by atoms with E-state index in [9.17, 15) is 9.18 Å². The van der Waals surface area contributed by atoms with Gasteiger partial charge in [-0.15, -0.1) is 0 Å². The zero-order chi connectivity index (χ0) is 12.5. The number of hydrogen-bond acceptors (Lipinski definition) is 4. The molecule has 2 aliphatic heterocycles. The number of ether oxygens (including phenoxy) is 1. The third-order valence-electron chi connectivity index (χ3n) is 3.11. The number of hydrogen-bond donors (Lipinski definition) is 2. The van der Waals surface area contributed by atoms with Crippen LogP contribution < -0.4 is 20.3 Å². The molecule has 1 fully saturated rings. The van der Waals surface area contributed by atoms with E-state index >= 15 is 0 Å². The second-order valence-electron chi connectivity index (χ2n) is 4.38. The molecule has 0 radical (unpaired) electrons. The van der Waals surface area contributed by atoms with Gasteiger partial charge in [-0.1, -0.05) is 0 Å². The molecule has 0 unspecified atom stereocenters. The van der Waals surface area contributed by atoms with Crippen LogP contribution in [0.4, 0.5) is 15.8 Å². The summed E-state index contributed by atoms with van der Waals surface area (Å²) in [5, 5.41) is 5.87. The molecule has 1 aromatic carbocycles. The van der Waals surface area contributed by atoms with Crippen molar-refractivity contribution < 1.29 is 13.9 Å². The third kappa shape index (κ3) is 1.99. The van der Waals surface area contributed by atoms with Crippen molar-refractivity contribution in [2.75, 3.05) is 43.0 Å². The molecule has 0 aromatic heterocycles. The molecule has 2 N–H and O–H groups in total. The second-order valence-corrected chi connectivity index (χ2v) is 4.38. The first-order valence-corrected chi connectivity index (χ1v) is 5.96. The smallest absolute Gasteiger partial charge is 0.262 e. The molecule has 0 saturated carbocycles. The lowest BCUT2D eigenvalue weighted by atomic mass is 10.2. The van der Waals surface area contributed by atoms with Gasteiger partial charge in [-0.3, -0.25) is 4.79 Å². The second kappa shape index (κ2) is 4.45. The molecule has 2 heterocycles. The van der Waals surface area contributed by atoms with Gasteiger partial charge in [0.1, 0.15) is 5.82 Å². The van der Waals surface area contributed by atoms with Crippen LogP contribution in [0.1, 0.15) is 0 Å². The highest BCUT2D eigenvalue weighted by atomic mass is 19.1. The Labute approximate surface area is 104 Å². The fraction of sp³-hybridized carbons (Fsp3) is 0.417. The van der Waals surface area contributed by atoms with Gasteiger partial charge in [0.05, 0.1) is 11.4 Å². The van der Waals surface area contributed by atoms with Crippen LogP contribution in [-0.4, -0.2) is 38.7 Å². The molecular weight excluding hydrogens is 237 g/mol. The topological polar surface area (TPSA) is 53.6 Å². The van der Waals surface area contributed by atoms with Crippen molar-refractivity contribution in [1.29, 1.82) is 0 Å². The first-order valence-electron chi connectivity index (χ1n) is 5.96. The van der Waals surface area contributed by atoms with Crippen molar-refractivity contribution in [3.63, 3.8) is 0 Å². The zero-order valence-electron chi connectivity index (χ0n) is 9.83. The number of amides is 1. The fourth-order valence-corrected chi connectivity index (χ4v) is 2.29. The van der Waals surface area contributed by atoms with E-state index in [1.54, 1.807) is 0 Å². The highest BCUT2D eigenvalue weighted by Gasteiger charge is 2.24. The summed E-state index contributed by atoms with van der Waals surface area (Å²) in [5.41, 5.74) is 1.13. The Bertz CT molecular complexity index is 486. The van der Waals surface area contributed by atoms with Crippen molar-refractivity contribution in [3.05, 3.63) is 17.9 Å². The Morgan fingerprint density at radius 1 is 1.28 bits per heavy atom. The van der Waals surface area contributed by atoms with Crippen LogP contribution >= 0.6 is 0 Å². The first-order chi connectivity index (χ1) is 8.74. The Morgan fingerprint density at radius 3 is 2.83 bits per heavy atom. The Kier molecular flexibility index (Phi) is 2.79. The van der Waals surface area contributed by atoms with Crippen LogP contribution in [-0.2, 0) is 4.79 Å². The number of benzene rings is 1. The molecule has 96 valence electrons. The van der Waals surface area contributed by atoms with Crippen molar-refractivity contribution in [1.82, 2.24) is 5.32 Å². The number of anilines is 2. The van der Waals surface area contributed by atoms with Crippen molar-refractivity contribution >= 4 is 17.3 Å². The van der Waals surface area contributed by atoms with Gasteiger partial charge in [-0.25, -0.2) is 4.39 Å². The standard InChI is InChI=1S/C12H14FN3O2/c13-8-5-9-12(18-7-11(17)15-9)10(6-8)16-3-1-14-2-4-16/h5-6,14H,1-4,7H2,(H,15,17). The fourth-order valence-electron chi connectivity index (χ4n) is 2.29. The number of fused-ring (bicyclic) bond motifs is 1. The van der Waals surface area contributed by atoms with E-state index in [0.717, 1.165) is 26.2 Å². The molecule has 0 spiro atoms. The number of piperazine rings is 1. The lowest BCUT2D eigenvalue weighted by Gasteiger charge is -2.32. The predicted octanol–water partition coefficient (Wildman–Crippen LogP) is 0.566. The van der Waals surface area contributed by atoms with Crippen LogP contribution in [0.3, 0.4) is 0 Å². The summed E-state index contributed by atoms with van der Waals surface area (Å²) in [4.78, 5) is 13.3. The minimum atomic E-state index is -0.368. The summed E-state index contributed by atoms with van der Waals surface area (Å²) in [6.45, 7) is 3.30. The van der Waals surface area contributed by atoms with E-state index in [0.29, 0.717) is 17.1 Å². The number of carbonyl (C=O) groups excluding carboxylic acids is 1. The van der Waals surface area contributed by atoms with Gasteiger partial charge in [0.15, 0.2) is 12.4 Å². The van der Waals surface area contributed by atoms with Crippen molar-refractivity contribution in [2.45, 2.75) is 0 Å². The molecule has 1 saturated heterocycles. The lowest BCUT2D eigenvalue weighted by Crippen LogP contribution is -2.44. The lowest BCUT2D eigenvalue weighted by molar-refractivity contribution is -0.118. The summed E-state index contributed by atoms with van der Waals surface area (Å²) in [6.07, 6.45) is 0. The summed E-state index contributed by atoms with van der Waals surface area (Å²) < 4.78 is 19.0. The summed E-state index contributed by atoms with van der Waals surface area (Å²) in [5.74, 6) is -0.0506. The molecule has 3 rings (SSSR count). The number of nitrogens with one attached hydrogen (secondary N) is 2. The Morgan fingerprint density at radius 2 is 2.06 bits per heavy atom. The highest BCUT2D eigenvalue weighted by molar-refractivity contribution is 5.97. The minimum absolute atomic E-state index is 0.0161. The molecule has 5 nitrogen and oxygen atoms in total. The summed E-state index contributed by atoms with van der Waals surface area (Å²) >= 11 is 0. The van der Waals surface area contributed by atoms with Crippen LogP contribution in [0.25, 0.3) is 0 Å². The maximum Gasteiger partial charge on any atom is 0.262 e. The number of carbonyl (C=O) groups is 1. The first kappa shape index (κ1) is 11.3. The molecule has 6 heteroatoms. The van der Waals surface area contributed by atoms with E-state index in [1.807, 2.05) is 0 Å². The quantitative estimate of drug-likeness (QED) is 0.766. The van der Waals surface area contributed by atoms with Gasteiger partial charge in [0.25, 0.3) is 5.91 Å². The van der Waals surface area contributed by atoms with Gasteiger partial charge in [-0.05, 0) is 0 Å². The van der Waals surface area contributed by atoms with Crippen LogP contribution in [0.15, 0.2) is 12.1 Å². The van der Waals surface area contributed by atoms with E-state index < -0.39 is 0 Å². The SMILES string of the molecule is O=C1COc2c(cc(F)cc2N2CCNCC2)N1. The average molecular weight is 251 g/mol. The molecule has 2 aliphatic rings. The van der Waals surface area contributed by atoms with Gasteiger partial charge < -0.3 is 20.3 Å². The average Bonchev–Trinajstić information content (AvgIpc) is 2.38. The highest BCUT2D eigenvalue weighted by Crippen LogP contribution is 2.39. The Hall–Kier alpha value is -1.82. The monoisotopic (exact) mass is 251 g/mol. The maximum atomic E-state index is 13.6. The van der Waals surface area contributed by atoms with Crippen LogP contribution in [0.2, 0.25) is 0 Å². The van der Waals surface area contributed by atoms with Gasteiger partial charge in [0.2, 0.25) is 0 Å². The molecule has 1 aromatic rings. The van der Waals surface area contributed by atoms with Crippen LogP contribution in [0.5, 0.6) is 5.75 Å². The largest absolute Gasteiger partial charge is 0.479 e. The van der Waals surface area contributed by atoms with Gasteiger partial charge in [0, 0.05) is 38.3 Å². The van der Waals surface area contributed by atoms with Gasteiger partial charge in [-0.2, -0.15) is 0 Å². The summed E-state index contributed by atoms with van der Waals surface area (Å²) in [7, 11) is 0. The van der Waals surface area contributed by atoms with Crippen LogP contribution in [0, 0.1) is 5.82 Å². The third-order valence-corrected chi connectivity index (χ3v) is 3.11. The van der Waals surface area contributed by atoms with E-state index in [-0.39, 0.29) is 18.3 Å².